The highest BCUT2D eigenvalue weighted by Crippen LogP contribution is 2.28. The van der Waals surface area contributed by atoms with Crippen LogP contribution in [0.1, 0.15) is 76.6 Å². The van der Waals surface area contributed by atoms with Crippen molar-refractivity contribution in [2.24, 2.45) is 5.41 Å². The Morgan fingerprint density at radius 3 is 0.985 bits per heavy atom. The van der Waals surface area contributed by atoms with Crippen molar-refractivity contribution in [3.05, 3.63) is 144 Å². The van der Waals surface area contributed by atoms with E-state index in [-0.39, 0.29) is 37.6 Å². The summed E-state index contributed by atoms with van der Waals surface area (Å²) < 4.78 is 31.7. The Balaban J connectivity index is 1.15. The summed E-state index contributed by atoms with van der Waals surface area (Å²) in [6.07, 6.45) is -1.51. The molecule has 4 aromatic carbocycles. The summed E-state index contributed by atoms with van der Waals surface area (Å²) in [5.41, 5.74) is 6.07. The van der Waals surface area contributed by atoms with E-state index in [0.717, 1.165) is 22.3 Å². The van der Waals surface area contributed by atoms with Crippen LogP contribution >= 0.6 is 0 Å². The topological polar surface area (TPSA) is 206 Å². The summed E-state index contributed by atoms with van der Waals surface area (Å²) in [5, 5.41) is 10.8. The van der Waals surface area contributed by atoms with Crippen LogP contribution < -0.4 is 21.3 Å². The lowest BCUT2D eigenvalue weighted by molar-refractivity contribution is -0.142. The first kappa shape index (κ1) is 52.0. The van der Waals surface area contributed by atoms with Crippen molar-refractivity contribution in [1.82, 2.24) is 0 Å². The zero-order valence-electron chi connectivity index (χ0n) is 38.9. The van der Waals surface area contributed by atoms with Crippen LogP contribution in [0.4, 0.5) is 41.9 Å². The minimum Gasteiger partial charge on any atom is -0.458 e. The van der Waals surface area contributed by atoms with E-state index in [9.17, 15) is 28.8 Å². The maximum absolute atomic E-state index is 12.8. The molecule has 0 aromatic heterocycles. The molecule has 0 fully saturated rings. The lowest BCUT2D eigenvalue weighted by atomic mass is 9.84. The summed E-state index contributed by atoms with van der Waals surface area (Å²) in [6.45, 7) is 17.1. The summed E-state index contributed by atoms with van der Waals surface area (Å²) in [6, 6.07) is 29.2. The monoisotopic (exact) mass is 920 g/mol. The number of carbonyl (C=O) groups is 6. The number of benzene rings is 4. The second-order valence-electron chi connectivity index (χ2n) is 16.2. The minimum atomic E-state index is -0.675. The first-order chi connectivity index (χ1) is 31.9. The van der Waals surface area contributed by atoms with Crippen LogP contribution in [-0.4, -0.2) is 74.9 Å². The predicted octanol–water partition coefficient (Wildman–Crippen LogP) is 10.6. The van der Waals surface area contributed by atoms with E-state index >= 15 is 0 Å². The zero-order valence-corrected chi connectivity index (χ0v) is 38.9. The molecule has 2 unspecified atom stereocenters. The molecule has 16 heteroatoms. The lowest BCUT2D eigenvalue weighted by Crippen LogP contribution is -2.35. The van der Waals surface area contributed by atoms with Gasteiger partial charge in [0, 0.05) is 39.3 Å². The first-order valence-electron chi connectivity index (χ1n) is 21.8. The molecular weight excluding hydrogens is 861 g/mol. The Morgan fingerprint density at radius 2 is 0.731 bits per heavy atom. The minimum absolute atomic E-state index is 0.0352. The molecule has 0 heterocycles. The van der Waals surface area contributed by atoms with Crippen LogP contribution in [0.3, 0.4) is 0 Å². The molecule has 0 radical (unpaired) electrons. The molecule has 0 bridgehead atoms. The van der Waals surface area contributed by atoms with Gasteiger partial charge in [0.05, 0.1) is 0 Å². The van der Waals surface area contributed by atoms with E-state index in [2.05, 4.69) is 34.4 Å². The number of nitrogens with one attached hydrogen (secondary N) is 4. The largest absolute Gasteiger partial charge is 0.458 e. The van der Waals surface area contributed by atoms with Crippen LogP contribution in [0.5, 0.6) is 0 Å². The summed E-state index contributed by atoms with van der Waals surface area (Å²) >= 11 is 0. The summed E-state index contributed by atoms with van der Waals surface area (Å²) in [4.78, 5) is 73.3. The lowest BCUT2D eigenvalue weighted by Gasteiger charge is -2.30. The normalized spacial score (nSPS) is 11.7. The van der Waals surface area contributed by atoms with Gasteiger partial charge in [-0.2, -0.15) is 0 Å². The number of hydrogen-bond acceptors (Lipinski definition) is 12. The van der Waals surface area contributed by atoms with E-state index in [1.807, 2.05) is 62.4 Å². The summed E-state index contributed by atoms with van der Waals surface area (Å²) in [5.74, 6) is -1.10. The van der Waals surface area contributed by atoms with E-state index in [1.165, 1.54) is 13.8 Å². The first-order valence-corrected chi connectivity index (χ1v) is 21.8. The van der Waals surface area contributed by atoms with Gasteiger partial charge in [-0.05, 0) is 124 Å². The van der Waals surface area contributed by atoms with E-state index in [1.54, 1.807) is 62.4 Å². The Bertz CT molecular complexity index is 2160. The standard InChI is InChI=1S/C51H60N4O12/c1-9-51(10-2,31-64-47(58)52-41-19-11-37(12-20-41)27-39-15-23-43(24-16-39)54-49(60)66-35(7)29-62-45(56)33(3)4)32-65-48(59)53-42-21-13-38(14-22-42)28-40-17-25-44(26-18-40)55-50(61)67-36(8)30-63-46(57)34(5)6/h11-26,35-36H,3,5,9-10,27-32H2,1-2,4,6-8H3,(H,52,58)(H,53,59)(H,54,60)(H,55,61). The van der Waals surface area contributed by atoms with Crippen molar-refractivity contribution in [1.29, 1.82) is 0 Å². The predicted molar refractivity (Wildman–Crippen MR) is 255 cm³/mol. The molecule has 16 nitrogen and oxygen atoms in total. The van der Waals surface area contributed by atoms with E-state index in [4.69, 9.17) is 28.4 Å². The Kier molecular flexibility index (Phi) is 20.0. The fourth-order valence-corrected chi connectivity index (χ4v) is 6.10. The molecule has 4 rings (SSSR count). The van der Waals surface area contributed by atoms with Gasteiger partial charge in [0.1, 0.15) is 38.6 Å². The average molecular weight is 921 g/mol. The highest BCUT2D eigenvalue weighted by Gasteiger charge is 2.30. The highest BCUT2D eigenvalue weighted by molar-refractivity contribution is 5.88. The second-order valence-corrected chi connectivity index (χ2v) is 16.2. The molecule has 4 N–H and O–H groups in total. The Morgan fingerprint density at radius 1 is 0.463 bits per heavy atom. The number of esters is 2. The van der Waals surface area contributed by atoms with Gasteiger partial charge >= 0.3 is 36.3 Å². The third-order valence-electron chi connectivity index (χ3n) is 10.3. The Hall–Kier alpha value is -7.62. The van der Waals surface area contributed by atoms with Crippen molar-refractivity contribution >= 4 is 59.1 Å². The van der Waals surface area contributed by atoms with Crippen LogP contribution in [0, 0.1) is 5.41 Å². The van der Waals surface area contributed by atoms with Crippen molar-refractivity contribution in [2.45, 2.75) is 79.4 Å². The summed E-state index contributed by atoms with van der Waals surface area (Å²) in [7, 11) is 0. The molecule has 0 aliphatic carbocycles. The molecule has 0 saturated carbocycles. The van der Waals surface area contributed by atoms with Gasteiger partial charge < -0.3 is 28.4 Å². The van der Waals surface area contributed by atoms with Crippen LogP contribution in [-0.2, 0) is 50.9 Å². The van der Waals surface area contributed by atoms with Crippen molar-refractivity contribution in [3.63, 3.8) is 0 Å². The van der Waals surface area contributed by atoms with Crippen LogP contribution in [0.2, 0.25) is 0 Å². The third-order valence-corrected chi connectivity index (χ3v) is 10.3. The molecule has 67 heavy (non-hydrogen) atoms. The Labute approximate surface area is 391 Å². The molecule has 0 aliphatic heterocycles. The third kappa shape index (κ3) is 18.4. The number of carbonyl (C=O) groups excluding carboxylic acids is 6. The van der Waals surface area contributed by atoms with Crippen molar-refractivity contribution in [3.8, 4) is 0 Å². The quantitative estimate of drug-likeness (QED) is 0.0330. The molecule has 356 valence electrons. The molecular formula is C51H60N4O12. The van der Waals surface area contributed by atoms with Gasteiger partial charge in [0.15, 0.2) is 0 Å². The van der Waals surface area contributed by atoms with E-state index in [0.29, 0.717) is 48.4 Å². The van der Waals surface area contributed by atoms with Gasteiger partial charge in [0.2, 0.25) is 0 Å². The maximum Gasteiger partial charge on any atom is 0.412 e. The van der Waals surface area contributed by atoms with Gasteiger partial charge in [0.25, 0.3) is 0 Å². The number of ether oxygens (including phenoxy) is 6. The van der Waals surface area contributed by atoms with Crippen molar-refractivity contribution in [2.75, 3.05) is 47.7 Å². The fourth-order valence-electron chi connectivity index (χ4n) is 6.10. The molecule has 2 atom stereocenters. The van der Waals surface area contributed by atoms with Gasteiger partial charge in [-0.1, -0.05) is 75.5 Å². The SMILES string of the molecule is C=C(C)C(=O)OCC(C)OC(=O)Nc1ccc(Cc2ccc(NC(=O)OCC(CC)(CC)COC(=O)Nc3ccc(Cc4ccc(NC(=O)OC(C)COC(=O)C(=C)C)cc4)cc3)cc2)cc1. The average Bonchev–Trinajstić information content (AvgIpc) is 3.30. The number of hydrogen-bond donors (Lipinski definition) is 4. The number of rotatable bonds is 22. The zero-order chi connectivity index (χ0) is 48.9. The molecule has 4 amide bonds. The van der Waals surface area contributed by atoms with Crippen LogP contribution in [0.25, 0.3) is 0 Å². The molecule has 4 aromatic rings. The van der Waals surface area contributed by atoms with Gasteiger partial charge in [-0.15, -0.1) is 0 Å². The maximum atomic E-state index is 12.8. The smallest absolute Gasteiger partial charge is 0.412 e. The van der Waals surface area contributed by atoms with Gasteiger partial charge in [-0.3, -0.25) is 21.3 Å². The highest BCUT2D eigenvalue weighted by atomic mass is 16.6. The second kappa shape index (κ2) is 25.8. The van der Waals surface area contributed by atoms with E-state index < -0.39 is 53.9 Å². The number of anilines is 4. The molecule has 0 saturated heterocycles. The molecule has 0 aliphatic rings. The van der Waals surface area contributed by atoms with Gasteiger partial charge in [-0.25, -0.2) is 28.8 Å². The van der Waals surface area contributed by atoms with Crippen LogP contribution in [0.15, 0.2) is 121 Å². The number of amides is 4. The molecule has 0 spiro atoms. The fraction of sp³-hybridized carbons (Fsp3) is 0.333. The van der Waals surface area contributed by atoms with Crippen molar-refractivity contribution < 1.29 is 57.2 Å².